The Balaban J connectivity index is 0.00000261. The highest BCUT2D eigenvalue weighted by Crippen LogP contribution is 2.31. The molecule has 2 aromatic carbocycles. The first-order valence-electron chi connectivity index (χ1n) is 8.81. The maximum atomic E-state index is 13.0. The third-order valence-electron chi connectivity index (χ3n) is 4.49. The van der Waals surface area contributed by atoms with Crippen LogP contribution < -0.4 is 4.90 Å². The summed E-state index contributed by atoms with van der Waals surface area (Å²) in [5.74, 6) is 0.0885. The predicted octanol–water partition coefficient (Wildman–Crippen LogP) is 4.47. The summed E-state index contributed by atoms with van der Waals surface area (Å²) < 4.78 is 1.13. The highest BCUT2D eigenvalue weighted by atomic mass is 35.5. The van der Waals surface area contributed by atoms with E-state index >= 15 is 0 Å². The lowest BCUT2D eigenvalue weighted by molar-refractivity contribution is -0.118. The van der Waals surface area contributed by atoms with E-state index in [0.717, 1.165) is 27.5 Å². The number of benzene rings is 2. The van der Waals surface area contributed by atoms with Crippen LogP contribution in [0.3, 0.4) is 0 Å². The van der Waals surface area contributed by atoms with Crippen LogP contribution in [0.1, 0.15) is 16.7 Å². The van der Waals surface area contributed by atoms with Crippen LogP contribution in [0.5, 0.6) is 0 Å². The number of fused-ring (bicyclic) bond motifs is 1. The molecule has 1 aromatic heterocycles. The van der Waals surface area contributed by atoms with Gasteiger partial charge in [0.2, 0.25) is 5.91 Å². The molecule has 3 rings (SSSR count). The standard InChI is InChI=1S/C21H25N3OS.ClH/c1-15-12-18-19(13-16(15)2)26-21(22-18)24(11-10-23(3)4)20(25)14-17-8-6-5-7-9-17;/h5-9,12-13H,10-11,14H2,1-4H3;1H. The normalized spacial score (nSPS) is 10.9. The van der Waals surface area contributed by atoms with Crippen LogP contribution in [-0.4, -0.2) is 43.0 Å². The van der Waals surface area contributed by atoms with Gasteiger partial charge in [0, 0.05) is 13.1 Å². The third kappa shape index (κ3) is 5.28. The van der Waals surface area contributed by atoms with Crippen molar-refractivity contribution < 1.29 is 4.79 Å². The molecule has 0 atom stereocenters. The Bertz CT molecular complexity index is 869. The van der Waals surface area contributed by atoms with Gasteiger partial charge in [0.15, 0.2) is 5.13 Å². The van der Waals surface area contributed by atoms with Crippen LogP contribution in [0.25, 0.3) is 10.2 Å². The van der Waals surface area contributed by atoms with E-state index < -0.39 is 0 Å². The molecule has 0 saturated heterocycles. The van der Waals surface area contributed by atoms with Crippen molar-refractivity contribution in [3.63, 3.8) is 0 Å². The summed E-state index contributed by atoms with van der Waals surface area (Å²) in [6, 6.07) is 14.2. The zero-order chi connectivity index (χ0) is 18.7. The largest absolute Gasteiger partial charge is 0.308 e. The van der Waals surface area contributed by atoms with Gasteiger partial charge in [-0.2, -0.15) is 0 Å². The lowest BCUT2D eigenvalue weighted by Gasteiger charge is -2.22. The Labute approximate surface area is 171 Å². The average molecular weight is 404 g/mol. The molecule has 0 aliphatic rings. The highest BCUT2D eigenvalue weighted by Gasteiger charge is 2.20. The lowest BCUT2D eigenvalue weighted by atomic mass is 10.1. The molecule has 1 heterocycles. The van der Waals surface area contributed by atoms with Crippen LogP contribution in [0.4, 0.5) is 5.13 Å². The summed E-state index contributed by atoms with van der Waals surface area (Å²) in [7, 11) is 4.04. The maximum absolute atomic E-state index is 13.0. The van der Waals surface area contributed by atoms with Gasteiger partial charge in [-0.1, -0.05) is 41.7 Å². The van der Waals surface area contributed by atoms with Gasteiger partial charge in [0.1, 0.15) is 0 Å². The van der Waals surface area contributed by atoms with Gasteiger partial charge >= 0.3 is 0 Å². The minimum Gasteiger partial charge on any atom is -0.308 e. The SMILES string of the molecule is Cc1cc2nc(N(CCN(C)C)C(=O)Cc3ccccc3)sc2cc1C.Cl. The van der Waals surface area contributed by atoms with Crippen molar-refractivity contribution in [2.75, 3.05) is 32.1 Å². The number of thiazole rings is 1. The van der Waals surface area contributed by atoms with Gasteiger partial charge in [-0.15, -0.1) is 12.4 Å². The monoisotopic (exact) mass is 403 g/mol. The Hall–Kier alpha value is -1.95. The number of halogens is 1. The van der Waals surface area contributed by atoms with E-state index in [4.69, 9.17) is 4.98 Å². The van der Waals surface area contributed by atoms with Crippen molar-refractivity contribution in [3.05, 3.63) is 59.2 Å². The van der Waals surface area contributed by atoms with Gasteiger partial charge in [-0.25, -0.2) is 4.98 Å². The molecule has 0 radical (unpaired) electrons. The number of amides is 1. The number of nitrogens with zero attached hydrogens (tertiary/aromatic N) is 3. The number of carbonyl (C=O) groups excluding carboxylic acids is 1. The minimum atomic E-state index is 0. The van der Waals surface area contributed by atoms with E-state index in [1.807, 2.05) is 49.3 Å². The number of hydrogen-bond donors (Lipinski definition) is 0. The predicted molar refractivity (Wildman–Crippen MR) is 117 cm³/mol. The van der Waals surface area contributed by atoms with Crippen molar-refractivity contribution in [1.29, 1.82) is 0 Å². The van der Waals surface area contributed by atoms with Crippen LogP contribution in [0.15, 0.2) is 42.5 Å². The van der Waals surface area contributed by atoms with Crippen LogP contribution in [-0.2, 0) is 11.2 Å². The molecule has 0 spiro atoms. The number of rotatable bonds is 6. The van der Waals surface area contributed by atoms with E-state index in [2.05, 4.69) is 30.9 Å². The molecule has 3 aromatic rings. The van der Waals surface area contributed by atoms with Gasteiger partial charge in [0.25, 0.3) is 0 Å². The molecule has 6 heteroatoms. The number of aryl methyl sites for hydroxylation is 2. The fourth-order valence-corrected chi connectivity index (χ4v) is 3.87. The highest BCUT2D eigenvalue weighted by molar-refractivity contribution is 7.22. The summed E-state index contributed by atoms with van der Waals surface area (Å²) >= 11 is 1.59. The van der Waals surface area contributed by atoms with Gasteiger partial charge in [-0.05, 0) is 56.8 Å². The molecule has 27 heavy (non-hydrogen) atoms. The molecule has 1 amide bonds. The van der Waals surface area contributed by atoms with E-state index in [1.54, 1.807) is 11.3 Å². The summed E-state index contributed by atoms with van der Waals surface area (Å²) in [5, 5.41) is 0.785. The molecule has 0 N–H and O–H groups in total. The van der Waals surface area contributed by atoms with Crippen LogP contribution in [0.2, 0.25) is 0 Å². The van der Waals surface area contributed by atoms with Gasteiger partial charge in [0.05, 0.1) is 16.6 Å². The fourth-order valence-electron chi connectivity index (χ4n) is 2.78. The van der Waals surface area contributed by atoms with E-state index in [1.165, 1.54) is 11.1 Å². The molecule has 0 aliphatic carbocycles. The molecule has 0 unspecified atom stereocenters. The molecule has 0 aliphatic heterocycles. The number of carbonyl (C=O) groups is 1. The lowest BCUT2D eigenvalue weighted by Crippen LogP contribution is -2.37. The van der Waals surface area contributed by atoms with Crippen molar-refractivity contribution in [1.82, 2.24) is 9.88 Å². The summed E-state index contributed by atoms with van der Waals surface area (Å²) in [4.78, 5) is 21.7. The summed E-state index contributed by atoms with van der Waals surface area (Å²) in [6.07, 6.45) is 0.391. The Morgan fingerprint density at radius 1 is 1.04 bits per heavy atom. The first kappa shape index (κ1) is 21.4. The molecule has 0 fully saturated rings. The molecular formula is C21H26ClN3OS. The van der Waals surface area contributed by atoms with Crippen LogP contribution >= 0.6 is 23.7 Å². The van der Waals surface area contributed by atoms with E-state index in [9.17, 15) is 4.79 Å². The molecular weight excluding hydrogens is 378 g/mol. The topological polar surface area (TPSA) is 36.4 Å². The summed E-state index contributed by atoms with van der Waals surface area (Å²) in [6.45, 7) is 5.64. The number of likely N-dealkylation sites (N-methyl/N-ethyl adjacent to an activating group) is 1. The molecule has 144 valence electrons. The van der Waals surface area contributed by atoms with Crippen molar-refractivity contribution in [3.8, 4) is 0 Å². The quantitative estimate of drug-likeness (QED) is 0.609. The Kier molecular flexibility index (Phi) is 7.36. The second kappa shape index (κ2) is 9.31. The summed E-state index contributed by atoms with van der Waals surface area (Å²) in [5.41, 5.74) is 4.48. The Morgan fingerprint density at radius 2 is 1.70 bits per heavy atom. The van der Waals surface area contributed by atoms with Crippen molar-refractivity contribution >= 4 is 45.0 Å². The zero-order valence-corrected chi connectivity index (χ0v) is 17.9. The van der Waals surface area contributed by atoms with Gasteiger partial charge in [-0.3, -0.25) is 9.69 Å². The number of hydrogen-bond acceptors (Lipinski definition) is 4. The van der Waals surface area contributed by atoms with Crippen molar-refractivity contribution in [2.24, 2.45) is 0 Å². The minimum absolute atomic E-state index is 0. The average Bonchev–Trinajstić information content (AvgIpc) is 2.98. The molecule has 0 saturated carbocycles. The number of anilines is 1. The van der Waals surface area contributed by atoms with Crippen LogP contribution in [0, 0.1) is 13.8 Å². The first-order valence-corrected chi connectivity index (χ1v) is 9.62. The van der Waals surface area contributed by atoms with E-state index in [-0.39, 0.29) is 18.3 Å². The van der Waals surface area contributed by atoms with Crippen molar-refractivity contribution in [2.45, 2.75) is 20.3 Å². The fraction of sp³-hybridized carbons (Fsp3) is 0.333. The van der Waals surface area contributed by atoms with Gasteiger partial charge < -0.3 is 4.90 Å². The van der Waals surface area contributed by atoms with E-state index in [0.29, 0.717) is 13.0 Å². The molecule has 4 nitrogen and oxygen atoms in total. The first-order chi connectivity index (χ1) is 12.4. The molecule has 0 bridgehead atoms. The second-order valence-corrected chi connectivity index (χ2v) is 7.92. The maximum Gasteiger partial charge on any atom is 0.233 e. The second-order valence-electron chi connectivity index (χ2n) is 6.91. The number of aromatic nitrogens is 1. The Morgan fingerprint density at radius 3 is 2.37 bits per heavy atom. The third-order valence-corrected chi connectivity index (χ3v) is 5.53. The zero-order valence-electron chi connectivity index (χ0n) is 16.2. The smallest absolute Gasteiger partial charge is 0.233 e.